The lowest BCUT2D eigenvalue weighted by molar-refractivity contribution is -0.471. The first-order chi connectivity index (χ1) is 10.2. The Balaban J connectivity index is 2.45. The average Bonchev–Trinajstić information content (AvgIpc) is 2.42. The molecule has 0 spiro atoms. The normalized spacial score (nSPS) is 13.8. The third-order valence-corrected chi connectivity index (χ3v) is 5.06. The molecule has 0 heterocycles. The van der Waals surface area contributed by atoms with Crippen LogP contribution < -0.4 is 0 Å². The summed E-state index contributed by atoms with van der Waals surface area (Å²) in [7, 11) is -0.986. The molecule has 3 heteroatoms. The van der Waals surface area contributed by atoms with Crippen LogP contribution in [0.2, 0.25) is 25.7 Å². The number of allylic oxidation sites excluding steroid dienone is 2. The van der Waals surface area contributed by atoms with Crippen LogP contribution in [-0.4, -0.2) is 19.0 Å². The van der Waals surface area contributed by atoms with E-state index in [0.717, 1.165) is 23.1 Å². The third kappa shape index (κ3) is 8.83. The molecule has 0 bridgehead atoms. The fourth-order valence-corrected chi connectivity index (χ4v) is 2.97. The molecule has 0 aliphatic heterocycles. The highest BCUT2D eigenvalue weighted by molar-refractivity contribution is 6.76. The van der Waals surface area contributed by atoms with Gasteiger partial charge in [-0.2, -0.15) is 0 Å². The van der Waals surface area contributed by atoms with Crippen molar-refractivity contribution >= 4 is 14.3 Å². The maximum atomic E-state index is 12.0. The van der Waals surface area contributed by atoms with Crippen molar-refractivity contribution in [1.29, 1.82) is 0 Å². The quantitative estimate of drug-likeness (QED) is 0.156. The lowest BCUT2D eigenvalue weighted by Gasteiger charge is -2.20. The zero-order valence-electron chi connectivity index (χ0n) is 14.8. The van der Waals surface area contributed by atoms with Gasteiger partial charge in [-0.15, -0.1) is 0 Å². The molecule has 0 amide bonds. The smallest absolute Gasteiger partial charge is 0.178 e. The summed E-state index contributed by atoms with van der Waals surface area (Å²) in [6.07, 6.45) is 8.23. The Morgan fingerprint density at radius 3 is 2.27 bits per heavy atom. The van der Waals surface area contributed by atoms with Crippen LogP contribution in [0, 0.1) is 10.6 Å². The van der Waals surface area contributed by atoms with Crippen molar-refractivity contribution in [2.24, 2.45) is 5.41 Å². The first-order valence-electron chi connectivity index (χ1n) is 8.14. The van der Waals surface area contributed by atoms with Gasteiger partial charge in [-0.3, -0.25) is 0 Å². The van der Waals surface area contributed by atoms with Gasteiger partial charge in [0.1, 0.15) is 0 Å². The van der Waals surface area contributed by atoms with E-state index >= 15 is 0 Å². The Kier molecular flexibility index (Phi) is 7.07. The minimum Gasteiger partial charge on any atom is -0.624 e. The fraction of sp³-hybridized carbons (Fsp3) is 0.526. The molecule has 0 aliphatic rings. The van der Waals surface area contributed by atoms with E-state index in [9.17, 15) is 5.21 Å². The van der Waals surface area contributed by atoms with E-state index in [1.165, 1.54) is 6.04 Å². The van der Waals surface area contributed by atoms with Gasteiger partial charge in [-0.05, 0) is 17.9 Å². The molecule has 0 unspecified atom stereocenters. The number of hydroxylamine groups is 1. The van der Waals surface area contributed by atoms with Crippen LogP contribution in [0.4, 0.5) is 0 Å². The highest BCUT2D eigenvalue weighted by Gasteiger charge is 2.17. The van der Waals surface area contributed by atoms with E-state index in [0.29, 0.717) is 6.54 Å². The summed E-state index contributed by atoms with van der Waals surface area (Å²) < 4.78 is 1.06. The van der Waals surface area contributed by atoms with E-state index in [1.54, 1.807) is 6.21 Å². The Bertz CT molecular complexity index is 498. The van der Waals surface area contributed by atoms with Crippen LogP contribution in [0.3, 0.4) is 0 Å². The second kappa shape index (κ2) is 8.32. The summed E-state index contributed by atoms with van der Waals surface area (Å²) in [5, 5.41) is 12.0. The Hall–Kier alpha value is -1.35. The van der Waals surface area contributed by atoms with Crippen LogP contribution >= 0.6 is 0 Å². The van der Waals surface area contributed by atoms with E-state index < -0.39 is 8.07 Å². The van der Waals surface area contributed by atoms with Gasteiger partial charge in [-0.1, -0.05) is 76.0 Å². The van der Waals surface area contributed by atoms with Crippen LogP contribution in [-0.2, 0) is 6.54 Å². The Morgan fingerprint density at radius 1 is 1.05 bits per heavy atom. The molecular weight excluding hydrogens is 286 g/mol. The van der Waals surface area contributed by atoms with Gasteiger partial charge in [0.15, 0.2) is 12.8 Å². The summed E-state index contributed by atoms with van der Waals surface area (Å²) >= 11 is 0. The van der Waals surface area contributed by atoms with E-state index in [2.05, 4.69) is 45.6 Å². The summed E-state index contributed by atoms with van der Waals surface area (Å²) in [6, 6.07) is 11.1. The molecule has 0 N–H and O–H groups in total. The zero-order chi connectivity index (χ0) is 16.6. The molecule has 122 valence electrons. The molecule has 2 nitrogen and oxygen atoms in total. The summed E-state index contributed by atoms with van der Waals surface area (Å²) in [4.78, 5) is 0. The van der Waals surface area contributed by atoms with Gasteiger partial charge in [0.2, 0.25) is 0 Å². The lowest BCUT2D eigenvalue weighted by atomic mass is 9.86. The maximum Gasteiger partial charge on any atom is 0.178 e. The fourth-order valence-electron chi connectivity index (χ4n) is 2.10. The predicted octanol–water partition coefficient (Wildman–Crippen LogP) is 5.47. The highest BCUT2D eigenvalue weighted by atomic mass is 28.3. The number of benzene rings is 1. The minimum absolute atomic E-state index is 0.134. The zero-order valence-corrected chi connectivity index (χ0v) is 15.8. The molecule has 1 aromatic carbocycles. The minimum atomic E-state index is -0.986. The average molecular weight is 318 g/mol. The largest absolute Gasteiger partial charge is 0.624 e. The number of hydrogen-bond donors (Lipinski definition) is 0. The van der Waals surface area contributed by atoms with Gasteiger partial charge in [0.05, 0.1) is 0 Å². The van der Waals surface area contributed by atoms with Crippen LogP contribution in [0.15, 0.2) is 42.5 Å². The first kappa shape index (κ1) is 18.7. The standard InChI is InChI=1S/C19H31NOSi/c1-19(2,13-9-10-16-22(3,4)5)14-15-20(21)17-18-11-7-6-8-12-18/h6-12,15H,13-14,16-17H2,1-5H3/b10-9-,20-15-. The molecule has 22 heavy (non-hydrogen) atoms. The number of hydrogen-bond acceptors (Lipinski definition) is 1. The summed E-state index contributed by atoms with van der Waals surface area (Å²) in [5.74, 6) is 0. The molecule has 1 rings (SSSR count). The highest BCUT2D eigenvalue weighted by Crippen LogP contribution is 2.24. The van der Waals surface area contributed by atoms with Crippen LogP contribution in [0.5, 0.6) is 0 Å². The molecule has 0 aromatic heterocycles. The molecule has 0 radical (unpaired) electrons. The second-order valence-corrected chi connectivity index (χ2v) is 13.6. The molecule has 0 atom stereocenters. The van der Waals surface area contributed by atoms with Gasteiger partial charge in [0.25, 0.3) is 0 Å². The van der Waals surface area contributed by atoms with Gasteiger partial charge in [-0.25, -0.2) is 4.74 Å². The molecule has 0 saturated carbocycles. The van der Waals surface area contributed by atoms with Crippen molar-refractivity contribution in [1.82, 2.24) is 0 Å². The van der Waals surface area contributed by atoms with Crippen molar-refractivity contribution in [2.75, 3.05) is 0 Å². The Labute approximate surface area is 137 Å². The van der Waals surface area contributed by atoms with Crippen molar-refractivity contribution in [3.8, 4) is 0 Å². The van der Waals surface area contributed by atoms with Crippen molar-refractivity contribution in [2.45, 2.75) is 58.9 Å². The predicted molar refractivity (Wildman–Crippen MR) is 100 cm³/mol. The van der Waals surface area contributed by atoms with Gasteiger partial charge in [0, 0.05) is 20.1 Å². The van der Waals surface area contributed by atoms with Gasteiger partial charge < -0.3 is 5.21 Å². The monoisotopic (exact) mass is 317 g/mol. The molecule has 0 fully saturated rings. The first-order valence-corrected chi connectivity index (χ1v) is 11.8. The molecule has 0 aliphatic carbocycles. The maximum absolute atomic E-state index is 12.0. The third-order valence-electron chi connectivity index (χ3n) is 3.60. The summed E-state index contributed by atoms with van der Waals surface area (Å²) in [6.45, 7) is 12.0. The van der Waals surface area contributed by atoms with Crippen LogP contribution in [0.1, 0.15) is 32.3 Å². The molecule has 1 aromatic rings. The van der Waals surface area contributed by atoms with Crippen molar-refractivity contribution in [3.05, 3.63) is 53.3 Å². The Morgan fingerprint density at radius 2 is 1.68 bits per heavy atom. The SMILES string of the molecule is CC(C)(C/C=C\C[Si](C)(C)C)C/C=[N+](\[O-])Cc1ccccc1. The van der Waals surface area contributed by atoms with E-state index in [1.807, 2.05) is 30.3 Å². The molecular formula is C19H31NOSi. The molecule has 0 saturated heterocycles. The number of rotatable bonds is 8. The van der Waals surface area contributed by atoms with E-state index in [-0.39, 0.29) is 5.41 Å². The summed E-state index contributed by atoms with van der Waals surface area (Å²) in [5.41, 5.74) is 1.19. The second-order valence-electron chi connectivity index (χ2n) is 8.05. The van der Waals surface area contributed by atoms with Crippen molar-refractivity contribution in [3.63, 3.8) is 0 Å². The number of nitrogens with zero attached hydrogens (tertiary/aromatic N) is 1. The van der Waals surface area contributed by atoms with Crippen molar-refractivity contribution < 1.29 is 4.74 Å². The lowest BCUT2D eigenvalue weighted by Crippen LogP contribution is -2.18. The van der Waals surface area contributed by atoms with Crippen LogP contribution in [0.25, 0.3) is 0 Å². The topological polar surface area (TPSA) is 26.1 Å². The van der Waals surface area contributed by atoms with Gasteiger partial charge >= 0.3 is 0 Å². The van der Waals surface area contributed by atoms with E-state index in [4.69, 9.17) is 0 Å².